The van der Waals surface area contributed by atoms with Crippen molar-refractivity contribution in [3.63, 3.8) is 0 Å². The lowest BCUT2D eigenvalue weighted by molar-refractivity contribution is -0.140. The third-order valence-electron chi connectivity index (χ3n) is 3.78. The highest BCUT2D eigenvalue weighted by atomic mass is 127. The van der Waals surface area contributed by atoms with Gasteiger partial charge < -0.3 is 16.0 Å². The van der Waals surface area contributed by atoms with Crippen LogP contribution in [0.3, 0.4) is 0 Å². The van der Waals surface area contributed by atoms with Crippen molar-refractivity contribution in [2.75, 3.05) is 26.2 Å². The zero-order chi connectivity index (χ0) is 22.0. The highest BCUT2D eigenvalue weighted by Gasteiger charge is 2.33. The summed E-state index contributed by atoms with van der Waals surface area (Å²) in [6.45, 7) is 3.49. The summed E-state index contributed by atoms with van der Waals surface area (Å²) < 4.78 is 50.8. The van der Waals surface area contributed by atoms with Crippen molar-refractivity contribution in [1.82, 2.24) is 20.9 Å². The van der Waals surface area contributed by atoms with Crippen LogP contribution in [0.5, 0.6) is 0 Å². The second-order valence-electron chi connectivity index (χ2n) is 6.22. The minimum Gasteiger partial charge on any atom is -0.357 e. The minimum absolute atomic E-state index is 0. The summed E-state index contributed by atoms with van der Waals surface area (Å²) in [5.41, 5.74) is -0.295. The largest absolute Gasteiger partial charge is 0.434 e. The van der Waals surface area contributed by atoms with Crippen LogP contribution in [0.25, 0.3) is 0 Å². The summed E-state index contributed by atoms with van der Waals surface area (Å²) in [7, 11) is 0. The lowest BCUT2D eigenvalue weighted by Crippen LogP contribution is -2.41. The van der Waals surface area contributed by atoms with E-state index in [2.05, 4.69) is 25.9 Å². The molecule has 2 aromatic rings. The number of carbonyl (C=O) groups is 1. The fraction of sp³-hybridized carbons (Fsp3) is 0.421. The third kappa shape index (κ3) is 10.3. The number of nitrogens with one attached hydrogen (secondary N) is 3. The number of nitrogens with zero attached hydrogens (tertiary/aromatic N) is 2. The van der Waals surface area contributed by atoms with E-state index in [1.54, 1.807) is 12.1 Å². The third-order valence-corrected chi connectivity index (χ3v) is 4.68. The predicted molar refractivity (Wildman–Crippen MR) is 123 cm³/mol. The molecular weight excluding hydrogens is 549 g/mol. The number of thiazole rings is 1. The van der Waals surface area contributed by atoms with Crippen LogP contribution in [-0.2, 0) is 23.8 Å². The fourth-order valence-electron chi connectivity index (χ4n) is 2.44. The first-order chi connectivity index (χ1) is 14.3. The Morgan fingerprint density at radius 3 is 2.58 bits per heavy atom. The molecule has 0 bridgehead atoms. The van der Waals surface area contributed by atoms with Crippen molar-refractivity contribution < 1.29 is 22.4 Å². The molecule has 0 aliphatic carbocycles. The summed E-state index contributed by atoms with van der Waals surface area (Å²) >= 11 is 0.955. The number of benzene rings is 1. The Morgan fingerprint density at radius 1 is 1.19 bits per heavy atom. The Morgan fingerprint density at radius 2 is 1.94 bits per heavy atom. The van der Waals surface area contributed by atoms with Gasteiger partial charge in [0.25, 0.3) is 0 Å². The van der Waals surface area contributed by atoms with Crippen LogP contribution in [0.2, 0.25) is 0 Å². The maximum absolute atomic E-state index is 13.1. The van der Waals surface area contributed by atoms with Gasteiger partial charge in [-0.1, -0.05) is 12.1 Å². The van der Waals surface area contributed by atoms with Gasteiger partial charge in [0.1, 0.15) is 5.82 Å². The zero-order valence-electron chi connectivity index (χ0n) is 16.8. The molecule has 0 aliphatic heterocycles. The van der Waals surface area contributed by atoms with Gasteiger partial charge in [0, 0.05) is 38.0 Å². The van der Waals surface area contributed by atoms with Gasteiger partial charge in [0.15, 0.2) is 11.7 Å². The van der Waals surface area contributed by atoms with E-state index in [0.29, 0.717) is 42.6 Å². The number of hydrogen-bond donors (Lipinski definition) is 3. The first-order valence-corrected chi connectivity index (χ1v) is 10.2. The first-order valence-electron chi connectivity index (χ1n) is 9.33. The maximum Gasteiger partial charge on any atom is 0.434 e. The monoisotopic (exact) mass is 573 g/mol. The van der Waals surface area contributed by atoms with Crippen molar-refractivity contribution in [1.29, 1.82) is 0 Å². The zero-order valence-corrected chi connectivity index (χ0v) is 19.9. The Labute approximate surface area is 199 Å². The van der Waals surface area contributed by atoms with E-state index in [1.165, 1.54) is 12.1 Å². The second kappa shape index (κ2) is 13.5. The molecule has 6 nitrogen and oxygen atoms in total. The van der Waals surface area contributed by atoms with Crippen LogP contribution >= 0.6 is 35.3 Å². The lowest BCUT2D eigenvalue weighted by atomic mass is 10.1. The SMILES string of the molecule is CCNC(=NCCc1nc(C(F)(F)F)cs1)NCCNC(=O)Cc1cccc(F)c1.I. The molecule has 0 atom stereocenters. The molecule has 0 spiro atoms. The Balaban J connectivity index is 0.00000480. The van der Waals surface area contributed by atoms with E-state index in [1.807, 2.05) is 6.92 Å². The van der Waals surface area contributed by atoms with Crippen LogP contribution in [0.4, 0.5) is 17.6 Å². The lowest BCUT2D eigenvalue weighted by Gasteiger charge is -2.12. The van der Waals surface area contributed by atoms with Crippen LogP contribution in [0.15, 0.2) is 34.6 Å². The molecule has 0 radical (unpaired) electrons. The average Bonchev–Trinajstić information content (AvgIpc) is 3.14. The number of halogens is 5. The van der Waals surface area contributed by atoms with E-state index in [9.17, 15) is 22.4 Å². The van der Waals surface area contributed by atoms with E-state index in [-0.39, 0.29) is 48.7 Å². The van der Waals surface area contributed by atoms with Gasteiger partial charge in [0.2, 0.25) is 5.91 Å². The summed E-state index contributed by atoms with van der Waals surface area (Å²) in [5.74, 6) is -0.126. The van der Waals surface area contributed by atoms with Gasteiger partial charge in [-0.05, 0) is 24.6 Å². The molecule has 0 aliphatic rings. The van der Waals surface area contributed by atoms with E-state index >= 15 is 0 Å². The van der Waals surface area contributed by atoms with Gasteiger partial charge in [-0.25, -0.2) is 9.37 Å². The highest BCUT2D eigenvalue weighted by Crippen LogP contribution is 2.30. The van der Waals surface area contributed by atoms with Gasteiger partial charge >= 0.3 is 6.18 Å². The van der Waals surface area contributed by atoms with Crippen molar-refractivity contribution in [3.8, 4) is 0 Å². The molecular formula is C19H24F4IN5OS. The minimum atomic E-state index is -4.44. The molecule has 0 fully saturated rings. The van der Waals surface area contributed by atoms with E-state index in [0.717, 1.165) is 16.7 Å². The van der Waals surface area contributed by atoms with Gasteiger partial charge in [-0.3, -0.25) is 9.79 Å². The Bertz CT molecular complexity index is 860. The summed E-state index contributed by atoms with van der Waals surface area (Å²) in [5, 5.41) is 10.1. The smallest absolute Gasteiger partial charge is 0.357 e. The molecule has 1 amide bonds. The number of hydrogen-bond acceptors (Lipinski definition) is 4. The van der Waals surface area contributed by atoms with Crippen molar-refractivity contribution >= 4 is 47.2 Å². The number of guanidine groups is 1. The van der Waals surface area contributed by atoms with Gasteiger partial charge in [0.05, 0.1) is 11.4 Å². The molecule has 1 heterocycles. The second-order valence-corrected chi connectivity index (χ2v) is 7.16. The molecule has 1 aromatic heterocycles. The van der Waals surface area contributed by atoms with Crippen LogP contribution in [-0.4, -0.2) is 43.0 Å². The number of amides is 1. The molecule has 31 heavy (non-hydrogen) atoms. The molecule has 2 rings (SSSR count). The molecule has 0 saturated carbocycles. The van der Waals surface area contributed by atoms with Crippen LogP contribution in [0.1, 0.15) is 23.2 Å². The number of rotatable bonds is 9. The molecule has 172 valence electrons. The Hall–Kier alpha value is -1.96. The van der Waals surface area contributed by atoms with Gasteiger partial charge in [-0.15, -0.1) is 35.3 Å². The molecule has 12 heteroatoms. The summed E-state index contributed by atoms with van der Waals surface area (Å²) in [6, 6.07) is 5.86. The van der Waals surface area contributed by atoms with Crippen LogP contribution in [0, 0.1) is 5.82 Å². The van der Waals surface area contributed by atoms with Crippen LogP contribution < -0.4 is 16.0 Å². The normalized spacial score (nSPS) is 11.6. The number of alkyl halides is 3. The van der Waals surface area contributed by atoms with Crippen molar-refractivity contribution in [3.05, 3.63) is 51.7 Å². The quantitative estimate of drug-likeness (QED) is 0.141. The van der Waals surface area contributed by atoms with Crippen molar-refractivity contribution in [2.45, 2.75) is 25.9 Å². The highest BCUT2D eigenvalue weighted by molar-refractivity contribution is 14.0. The Kier molecular flexibility index (Phi) is 11.7. The first kappa shape index (κ1) is 27.1. The number of carbonyl (C=O) groups excluding carboxylic acids is 1. The number of aliphatic imine (C=N–C) groups is 1. The standard InChI is InChI=1S/C19H23F4N5OS.HI/c1-2-24-18(26-7-6-17-28-15(12-30-17)19(21,22)23)27-9-8-25-16(29)11-13-4-3-5-14(20)10-13;/h3-5,10,12H,2,6-9,11H2,1H3,(H,25,29)(H2,24,26,27);1H. The fourth-order valence-corrected chi connectivity index (χ4v) is 3.23. The topological polar surface area (TPSA) is 78.4 Å². The summed E-state index contributed by atoms with van der Waals surface area (Å²) in [4.78, 5) is 19.8. The molecule has 1 aromatic carbocycles. The van der Waals surface area contributed by atoms with E-state index in [4.69, 9.17) is 0 Å². The van der Waals surface area contributed by atoms with Crippen molar-refractivity contribution in [2.24, 2.45) is 4.99 Å². The summed E-state index contributed by atoms with van der Waals surface area (Å²) in [6.07, 6.45) is -4.06. The van der Waals surface area contributed by atoms with E-state index < -0.39 is 11.9 Å². The molecule has 0 saturated heterocycles. The number of aromatic nitrogens is 1. The van der Waals surface area contributed by atoms with Gasteiger partial charge in [-0.2, -0.15) is 13.2 Å². The molecule has 0 unspecified atom stereocenters. The average molecular weight is 573 g/mol. The molecule has 3 N–H and O–H groups in total. The maximum atomic E-state index is 13.1. The predicted octanol–water partition coefficient (Wildman–Crippen LogP) is 3.38.